The van der Waals surface area contributed by atoms with Crippen molar-refractivity contribution in [3.63, 3.8) is 0 Å². The quantitative estimate of drug-likeness (QED) is 0.246. The van der Waals surface area contributed by atoms with E-state index in [2.05, 4.69) is 36.3 Å². The van der Waals surface area contributed by atoms with Crippen LogP contribution in [0.1, 0.15) is 82.9 Å². The number of nitrogens with zero attached hydrogens (tertiary/aromatic N) is 3. The largest absolute Gasteiger partial charge is 0.381 e. The number of rotatable bonds is 13. The number of benzene rings is 2. The first kappa shape index (κ1) is 28.6. The molecule has 1 aliphatic carbocycles. The minimum Gasteiger partial charge on any atom is -0.381 e. The van der Waals surface area contributed by atoms with Gasteiger partial charge in [-0.15, -0.1) is 5.10 Å². The molecule has 4 rings (SSSR count). The minimum absolute atomic E-state index is 0.0158. The van der Waals surface area contributed by atoms with Crippen LogP contribution >= 0.6 is 0 Å². The summed E-state index contributed by atoms with van der Waals surface area (Å²) in [6, 6.07) is 16.2. The molecule has 0 amide bonds. The maximum absolute atomic E-state index is 13.6. The van der Waals surface area contributed by atoms with Crippen molar-refractivity contribution >= 4 is 17.3 Å². The summed E-state index contributed by atoms with van der Waals surface area (Å²) in [6.07, 6.45) is 2.36. The van der Waals surface area contributed by atoms with Crippen LogP contribution in [0, 0.1) is 5.92 Å². The summed E-state index contributed by atoms with van der Waals surface area (Å²) in [4.78, 5) is 37.9. The van der Waals surface area contributed by atoms with Crippen molar-refractivity contribution in [3.05, 3.63) is 59.7 Å². The molecule has 0 fully saturated rings. The highest BCUT2D eigenvalue weighted by molar-refractivity contribution is 5.94. The summed E-state index contributed by atoms with van der Waals surface area (Å²) in [5.74, 6) is -0.0409. The fraction of sp³-hybridized carbons (Fsp3) is 0.469. The second-order valence-electron chi connectivity index (χ2n) is 10.9. The monoisotopic (exact) mass is 529 g/mol. The molecular formula is C32H39N3O4. The van der Waals surface area contributed by atoms with E-state index in [1.54, 1.807) is 0 Å². The molecule has 0 N–H and O–H groups in total. The Labute approximate surface area is 231 Å². The average molecular weight is 530 g/mol. The van der Waals surface area contributed by atoms with Crippen LogP contribution < -0.4 is 0 Å². The summed E-state index contributed by atoms with van der Waals surface area (Å²) >= 11 is 0. The lowest BCUT2D eigenvalue weighted by molar-refractivity contribution is -0.125. The molecule has 39 heavy (non-hydrogen) atoms. The van der Waals surface area contributed by atoms with Crippen LogP contribution in [0.5, 0.6) is 0 Å². The van der Waals surface area contributed by atoms with E-state index in [-0.39, 0.29) is 48.1 Å². The highest BCUT2D eigenvalue weighted by Gasteiger charge is 2.31. The second kappa shape index (κ2) is 13.1. The van der Waals surface area contributed by atoms with Crippen LogP contribution in [-0.2, 0) is 25.5 Å². The summed E-state index contributed by atoms with van der Waals surface area (Å²) in [5.41, 5.74) is 5.75. The maximum atomic E-state index is 13.6. The molecule has 1 atom stereocenters. The van der Waals surface area contributed by atoms with E-state index >= 15 is 0 Å². The fourth-order valence-corrected chi connectivity index (χ4v) is 5.15. The molecule has 1 aliphatic rings. The smallest absolute Gasteiger partial charge is 0.141 e. The van der Waals surface area contributed by atoms with Crippen LogP contribution in [0.15, 0.2) is 48.5 Å². The van der Waals surface area contributed by atoms with Crippen molar-refractivity contribution in [2.75, 3.05) is 13.2 Å². The maximum Gasteiger partial charge on any atom is 0.141 e. The lowest BCUT2D eigenvalue weighted by Crippen LogP contribution is -2.19. The van der Waals surface area contributed by atoms with E-state index in [0.29, 0.717) is 38.9 Å². The Morgan fingerprint density at radius 3 is 2.36 bits per heavy atom. The van der Waals surface area contributed by atoms with Gasteiger partial charge in [-0.25, -0.2) is 4.68 Å². The number of hydrogen-bond acceptors (Lipinski definition) is 6. The number of ketones is 3. The van der Waals surface area contributed by atoms with Crippen molar-refractivity contribution < 1.29 is 19.1 Å². The number of aromatic nitrogens is 3. The predicted octanol–water partition coefficient (Wildman–Crippen LogP) is 6.16. The van der Waals surface area contributed by atoms with Crippen LogP contribution in [-0.4, -0.2) is 45.6 Å². The molecule has 0 radical (unpaired) electrons. The molecule has 0 saturated carbocycles. The van der Waals surface area contributed by atoms with Crippen LogP contribution in [0.4, 0.5) is 0 Å². The van der Waals surface area contributed by atoms with Crippen LogP contribution in [0.2, 0.25) is 0 Å². The lowest BCUT2D eigenvalue weighted by atomic mass is 9.79. The van der Waals surface area contributed by atoms with Gasteiger partial charge in [0.25, 0.3) is 0 Å². The molecule has 1 unspecified atom stereocenters. The van der Waals surface area contributed by atoms with E-state index in [1.165, 1.54) is 0 Å². The predicted molar refractivity (Wildman–Crippen MR) is 151 cm³/mol. The van der Waals surface area contributed by atoms with Gasteiger partial charge in [-0.2, -0.15) is 0 Å². The fourth-order valence-electron chi connectivity index (χ4n) is 5.15. The molecule has 206 valence electrons. The Kier molecular flexibility index (Phi) is 9.57. The SMILES string of the molecule is CC(C)C(=O)CCOCCCC(=O)CCC(=O)C1Cc2ccccc2-c2c(nnn2C(C)C)-c2ccccc21. The zero-order valence-corrected chi connectivity index (χ0v) is 23.5. The first-order valence-corrected chi connectivity index (χ1v) is 14.1. The number of Topliss-reactive ketones (excluding diaryl/α,β-unsaturated/α-hetero) is 3. The molecule has 7 nitrogen and oxygen atoms in total. The Morgan fingerprint density at radius 2 is 1.62 bits per heavy atom. The topological polar surface area (TPSA) is 91.2 Å². The van der Waals surface area contributed by atoms with Gasteiger partial charge in [0.1, 0.15) is 23.0 Å². The van der Waals surface area contributed by atoms with E-state index in [9.17, 15) is 14.4 Å². The molecule has 1 heterocycles. The molecule has 7 heteroatoms. The summed E-state index contributed by atoms with van der Waals surface area (Å²) in [6.45, 7) is 8.77. The first-order valence-electron chi connectivity index (χ1n) is 14.1. The molecule has 0 spiro atoms. The highest BCUT2D eigenvalue weighted by atomic mass is 16.5. The average Bonchev–Trinajstić information content (AvgIpc) is 3.36. The first-order chi connectivity index (χ1) is 18.8. The van der Waals surface area contributed by atoms with Crippen molar-refractivity contribution in [2.45, 2.75) is 78.2 Å². The van der Waals surface area contributed by atoms with Gasteiger partial charge < -0.3 is 4.74 Å². The van der Waals surface area contributed by atoms with Gasteiger partial charge in [0.05, 0.1) is 12.3 Å². The van der Waals surface area contributed by atoms with E-state index < -0.39 is 0 Å². The van der Waals surface area contributed by atoms with E-state index in [4.69, 9.17) is 4.74 Å². The molecule has 1 aromatic heterocycles. The minimum atomic E-state index is -0.366. The van der Waals surface area contributed by atoms with E-state index in [1.807, 2.05) is 54.9 Å². The normalized spacial score (nSPS) is 14.4. The molecule has 0 bridgehead atoms. The van der Waals surface area contributed by atoms with Gasteiger partial charge in [-0.3, -0.25) is 14.4 Å². The summed E-state index contributed by atoms with van der Waals surface area (Å²) in [7, 11) is 0. The number of hydrogen-bond donors (Lipinski definition) is 0. The Bertz CT molecular complexity index is 1320. The number of ether oxygens (including phenoxy) is 1. The summed E-state index contributed by atoms with van der Waals surface area (Å²) < 4.78 is 7.47. The Balaban J connectivity index is 1.45. The number of carbonyl (C=O) groups is 3. The number of carbonyl (C=O) groups excluding carboxylic acids is 3. The second-order valence-corrected chi connectivity index (χ2v) is 10.9. The highest BCUT2D eigenvalue weighted by Crippen LogP contribution is 2.42. The number of fused-ring (bicyclic) bond motifs is 5. The molecular weight excluding hydrogens is 490 g/mol. The standard InChI is InChI=1S/C32H39N3O4/c1-21(2)29(37)17-19-39-18-9-11-24(36)15-16-30(38)28-20-23-10-5-6-12-25(23)32-31(33-34-35(32)22(3)4)27-14-8-7-13-26(27)28/h5-8,10,12-14,21-22,28H,9,11,15-20H2,1-4H3. The van der Waals surface area contributed by atoms with Gasteiger partial charge in [-0.1, -0.05) is 67.6 Å². The molecule has 2 aromatic carbocycles. The molecule has 3 aromatic rings. The summed E-state index contributed by atoms with van der Waals surface area (Å²) in [5, 5.41) is 9.06. The van der Waals surface area contributed by atoms with Gasteiger partial charge in [0, 0.05) is 61.3 Å². The van der Waals surface area contributed by atoms with Gasteiger partial charge in [-0.05, 0) is 37.8 Å². The third kappa shape index (κ3) is 6.77. The van der Waals surface area contributed by atoms with Crippen molar-refractivity contribution in [1.29, 1.82) is 0 Å². The zero-order chi connectivity index (χ0) is 27.9. The molecule has 0 aliphatic heterocycles. The van der Waals surface area contributed by atoms with Gasteiger partial charge >= 0.3 is 0 Å². The van der Waals surface area contributed by atoms with Crippen molar-refractivity contribution in [1.82, 2.24) is 15.0 Å². The Hall–Kier alpha value is -3.45. The lowest BCUT2D eigenvalue weighted by Gasteiger charge is -2.24. The Morgan fingerprint density at radius 1 is 0.897 bits per heavy atom. The van der Waals surface area contributed by atoms with Crippen LogP contribution in [0.25, 0.3) is 22.5 Å². The van der Waals surface area contributed by atoms with Gasteiger partial charge in [0.2, 0.25) is 0 Å². The van der Waals surface area contributed by atoms with E-state index in [0.717, 1.165) is 33.6 Å². The third-order valence-corrected chi connectivity index (χ3v) is 7.39. The molecule has 0 saturated heterocycles. The van der Waals surface area contributed by atoms with Crippen molar-refractivity contribution in [2.24, 2.45) is 5.92 Å². The third-order valence-electron chi connectivity index (χ3n) is 7.39. The van der Waals surface area contributed by atoms with Crippen LogP contribution in [0.3, 0.4) is 0 Å². The van der Waals surface area contributed by atoms with Crippen molar-refractivity contribution in [3.8, 4) is 22.5 Å². The zero-order valence-electron chi connectivity index (χ0n) is 23.5. The van der Waals surface area contributed by atoms with Gasteiger partial charge in [0.15, 0.2) is 0 Å².